The summed E-state index contributed by atoms with van der Waals surface area (Å²) in [5.74, 6) is -2.30. The van der Waals surface area contributed by atoms with Gasteiger partial charge in [-0.05, 0) is 177 Å². The van der Waals surface area contributed by atoms with Crippen LogP contribution in [0.3, 0.4) is 0 Å². The van der Waals surface area contributed by atoms with Crippen molar-refractivity contribution in [1.29, 1.82) is 0 Å². The van der Waals surface area contributed by atoms with E-state index in [4.69, 9.17) is 28.4 Å². The number of unbranched alkanes of at least 4 members (excludes halogenated alkanes) is 1. The molecular formula is C69H111NO13. The number of ketones is 6. The van der Waals surface area contributed by atoms with Crippen molar-refractivity contribution in [3.05, 3.63) is 72.4 Å². The third-order valence-electron chi connectivity index (χ3n) is 18.0. The molecular weight excluding hydrogens is 1050 g/mol. The van der Waals surface area contributed by atoms with Crippen molar-refractivity contribution in [1.82, 2.24) is 5.32 Å². The average molecular weight is 1160 g/mol. The molecule has 470 valence electrons. The maximum Gasteiger partial charge on any atom is 0.219 e. The molecule has 0 aliphatic heterocycles. The number of ether oxygens (including phenoxy) is 6. The molecule has 0 bridgehead atoms. The molecule has 0 radical (unpaired) electrons. The molecule has 0 aromatic heterocycles. The maximum atomic E-state index is 15.1. The van der Waals surface area contributed by atoms with Gasteiger partial charge in [-0.3, -0.25) is 33.6 Å². The van der Waals surface area contributed by atoms with E-state index in [2.05, 4.69) is 35.7 Å². The highest BCUT2D eigenvalue weighted by Crippen LogP contribution is 2.45. The van der Waals surface area contributed by atoms with Crippen molar-refractivity contribution >= 4 is 40.6 Å². The van der Waals surface area contributed by atoms with Crippen LogP contribution in [0.5, 0.6) is 0 Å². The van der Waals surface area contributed by atoms with E-state index in [0.717, 1.165) is 5.56 Å². The molecule has 1 aromatic rings. The van der Waals surface area contributed by atoms with Crippen molar-refractivity contribution in [2.24, 2.45) is 11.8 Å². The van der Waals surface area contributed by atoms with Crippen LogP contribution in [0, 0.1) is 11.8 Å². The van der Waals surface area contributed by atoms with E-state index in [1.54, 1.807) is 53.7 Å². The van der Waals surface area contributed by atoms with Crippen LogP contribution in [0.15, 0.2) is 66.8 Å². The summed E-state index contributed by atoms with van der Waals surface area (Å²) in [5.41, 5.74) is -6.66. The number of carbonyl (C=O) groups is 7. The number of carbonyl (C=O) groups excluding carboxylic acids is 7. The van der Waals surface area contributed by atoms with Gasteiger partial charge in [0.15, 0.2) is 34.7 Å². The van der Waals surface area contributed by atoms with E-state index in [1.807, 2.05) is 93.5 Å². The van der Waals surface area contributed by atoms with Gasteiger partial charge >= 0.3 is 0 Å². The minimum absolute atomic E-state index is 0.0124. The van der Waals surface area contributed by atoms with Crippen LogP contribution in [-0.4, -0.2) is 117 Å². The summed E-state index contributed by atoms with van der Waals surface area (Å²) >= 11 is 0. The van der Waals surface area contributed by atoms with Crippen LogP contribution >= 0.6 is 0 Å². The first-order chi connectivity index (χ1) is 39.1. The Kier molecular flexibility index (Phi) is 31.3. The van der Waals surface area contributed by atoms with Crippen molar-refractivity contribution in [3.63, 3.8) is 0 Å². The first kappa shape index (κ1) is 74.8. The summed E-state index contributed by atoms with van der Waals surface area (Å²) in [4.78, 5) is 96.6. The Morgan fingerprint density at radius 2 is 1.19 bits per heavy atom. The highest BCUT2D eigenvalue weighted by atomic mass is 16.6. The molecule has 0 heterocycles. The second-order valence-corrected chi connectivity index (χ2v) is 23.7. The number of rotatable bonds is 43. The number of benzene rings is 1. The Hall–Kier alpha value is -4.31. The summed E-state index contributed by atoms with van der Waals surface area (Å²) in [7, 11) is 0. The molecule has 83 heavy (non-hydrogen) atoms. The highest BCUT2D eigenvalue weighted by Gasteiger charge is 2.52. The predicted octanol–water partition coefficient (Wildman–Crippen LogP) is 13.6. The molecule has 1 aliphatic carbocycles. The molecule has 14 heteroatoms. The molecule has 1 amide bonds. The van der Waals surface area contributed by atoms with Gasteiger partial charge in [-0.15, -0.1) is 0 Å². The first-order valence-electron chi connectivity index (χ1n) is 31.6. The van der Waals surface area contributed by atoms with E-state index in [0.29, 0.717) is 96.4 Å². The van der Waals surface area contributed by atoms with Crippen molar-refractivity contribution < 1.29 is 62.0 Å². The minimum atomic E-state index is -1.42. The smallest absolute Gasteiger partial charge is 0.219 e. The van der Waals surface area contributed by atoms with Crippen LogP contribution in [-0.2, 0) is 68.4 Å². The van der Waals surface area contributed by atoms with E-state index in [-0.39, 0.29) is 59.4 Å². The van der Waals surface area contributed by atoms with Crippen LogP contribution in [0.4, 0.5) is 0 Å². The average Bonchev–Trinajstić information content (AvgIpc) is 4.09. The topological polar surface area (TPSA) is 187 Å². The third-order valence-corrected chi connectivity index (χ3v) is 18.0. The molecule has 14 nitrogen and oxygen atoms in total. The molecule has 1 fully saturated rings. The number of hydrogen-bond donors (Lipinski definition) is 1. The third kappa shape index (κ3) is 20.1. The fourth-order valence-electron chi connectivity index (χ4n) is 12.0. The molecule has 1 N–H and O–H groups in total. The van der Waals surface area contributed by atoms with E-state index in [9.17, 15) is 24.0 Å². The van der Waals surface area contributed by atoms with Gasteiger partial charge in [-0.2, -0.15) is 0 Å². The number of amides is 1. The van der Waals surface area contributed by atoms with Gasteiger partial charge in [0, 0.05) is 25.3 Å². The lowest BCUT2D eigenvalue weighted by molar-refractivity contribution is -0.179. The zero-order valence-electron chi connectivity index (χ0n) is 54.8. The maximum absolute atomic E-state index is 15.1. The van der Waals surface area contributed by atoms with Gasteiger partial charge in [-0.1, -0.05) is 123 Å². The van der Waals surface area contributed by atoms with Crippen LogP contribution in [0.2, 0.25) is 0 Å². The summed E-state index contributed by atoms with van der Waals surface area (Å²) in [6.45, 7) is 34.2. The Balaban J connectivity index is 3.07. The van der Waals surface area contributed by atoms with E-state index < -0.39 is 76.1 Å². The quantitative estimate of drug-likeness (QED) is 0.0481. The highest BCUT2D eigenvalue weighted by molar-refractivity contribution is 5.94. The molecule has 12 atom stereocenters. The van der Waals surface area contributed by atoms with Gasteiger partial charge in [0.25, 0.3) is 0 Å². The molecule has 0 saturated heterocycles. The summed E-state index contributed by atoms with van der Waals surface area (Å²) < 4.78 is 41.1. The van der Waals surface area contributed by atoms with Gasteiger partial charge in [0.05, 0.1) is 18.3 Å². The van der Waals surface area contributed by atoms with Gasteiger partial charge in [0.1, 0.15) is 51.9 Å². The standard InChI is InChI=1S/C69H111NO13/c1-20-45-66(19,62(76)49(12)80-69(28-9,46-21-2)53(16)73)83-58-47-59(82-65(18,23-4)61(75)48(11)79-67(24-5,25-6)52(15)72)57(56(58)39-35-30-31-36-40-60(74)70-29-10)44-43-55(42-41-54-37-33-32-34-38-54)81-68(26-7,27-8)63(77)50(13)78-64(17,22-3)51(14)71/h21,30,32-35,37-38,43-44,46,48-50,55-59H,20,22-29,31,36,39-42,45,47H2,1-19H3,(H,70,74)/b35-30-,44-43+,46-21-/t48-,49-,50-,55-,56?,57+,58-,59+,64?,65?,66?,69?/m0/s1. The molecule has 1 saturated carbocycles. The Labute approximate surface area is 501 Å². The summed E-state index contributed by atoms with van der Waals surface area (Å²) in [6, 6.07) is 10.1. The lowest BCUT2D eigenvalue weighted by Gasteiger charge is -2.38. The van der Waals surface area contributed by atoms with Crippen LogP contribution in [0.25, 0.3) is 0 Å². The second-order valence-electron chi connectivity index (χ2n) is 23.7. The summed E-state index contributed by atoms with van der Waals surface area (Å²) in [6.07, 6.45) is 13.6. The summed E-state index contributed by atoms with van der Waals surface area (Å²) in [5, 5.41) is 2.87. The van der Waals surface area contributed by atoms with Crippen molar-refractivity contribution in [2.45, 2.75) is 305 Å². The fraction of sp³-hybridized carbons (Fsp3) is 0.725. The Morgan fingerprint density at radius 3 is 1.70 bits per heavy atom. The van der Waals surface area contributed by atoms with Gasteiger partial charge < -0.3 is 33.7 Å². The van der Waals surface area contributed by atoms with Crippen LogP contribution < -0.4 is 5.32 Å². The van der Waals surface area contributed by atoms with Gasteiger partial charge in [-0.25, -0.2) is 0 Å². The first-order valence-corrected chi connectivity index (χ1v) is 31.6. The Morgan fingerprint density at radius 1 is 0.627 bits per heavy atom. The molecule has 0 spiro atoms. The number of nitrogens with one attached hydrogen (secondary N) is 1. The number of hydrogen-bond acceptors (Lipinski definition) is 13. The normalized spacial score (nSPS) is 21.4. The van der Waals surface area contributed by atoms with Crippen LogP contribution in [0.1, 0.15) is 233 Å². The molecule has 1 aliphatic rings. The lowest BCUT2D eigenvalue weighted by atomic mass is 9.86. The van der Waals surface area contributed by atoms with E-state index >= 15 is 9.59 Å². The zero-order chi connectivity index (χ0) is 63.0. The van der Waals surface area contributed by atoms with Gasteiger partial charge in [0.2, 0.25) is 5.91 Å². The SMILES string of the molecule is C/C=C\C(CC)(O[C@@H](C)C(=O)C(C)(CCC)O[C@H]1C[C@@H](OC(C)(CC)C(=O)[C@H](C)OC(CC)(CC)C(C)=O)[C@H](/C=C/[C@H](CCc2ccccc2)OC(CC)(CC)C(=O)[C@H](C)OC(C)(CC)C(C)=O)C1C/C=C\CCCC(=O)NCC)C(C)=O. The molecule has 5 unspecified atom stereocenters. The fourth-order valence-corrected chi connectivity index (χ4v) is 12.0. The Bertz CT molecular complexity index is 2320. The molecule has 1 aromatic carbocycles. The monoisotopic (exact) mass is 1160 g/mol. The van der Waals surface area contributed by atoms with E-state index in [1.165, 1.54) is 20.8 Å². The number of allylic oxidation sites excluding steroid dienone is 3. The number of aryl methyl sites for hydroxylation is 1. The van der Waals surface area contributed by atoms with Crippen molar-refractivity contribution in [3.8, 4) is 0 Å². The predicted molar refractivity (Wildman–Crippen MR) is 330 cm³/mol. The zero-order valence-corrected chi connectivity index (χ0v) is 54.8. The second kappa shape index (κ2) is 34.7. The molecule has 2 rings (SSSR count). The lowest BCUT2D eigenvalue weighted by Crippen LogP contribution is -2.51. The van der Waals surface area contributed by atoms with Crippen molar-refractivity contribution in [2.75, 3.05) is 6.54 Å². The minimum Gasteiger partial charge on any atom is -0.364 e. The number of Topliss-reactive ketones (excluding diaryl/α,β-unsaturated/α-hetero) is 6. The largest absolute Gasteiger partial charge is 0.364 e.